The second kappa shape index (κ2) is 18.5. The van der Waals surface area contributed by atoms with Crippen LogP contribution in [0.1, 0.15) is 129 Å². The van der Waals surface area contributed by atoms with Gasteiger partial charge in [0.15, 0.2) is 0 Å². The summed E-state index contributed by atoms with van der Waals surface area (Å²) in [7, 11) is 0. The number of rotatable bonds is 19. The van der Waals surface area contributed by atoms with Crippen molar-refractivity contribution in [3.63, 3.8) is 0 Å². The summed E-state index contributed by atoms with van der Waals surface area (Å²) in [6, 6.07) is 19.5. The number of hydrogen-bond acceptors (Lipinski definition) is 4. The summed E-state index contributed by atoms with van der Waals surface area (Å²) in [5.74, 6) is -1.76. The molecule has 2 aromatic carbocycles. The standard InChI is InChI=1S/C37H56N2O4/c1-7-8-9-10-11-12-13-14-21-26-31(35(42)43-36(2,3)4)34(41)38-28-37(5,6)27-32(40)39-33(29-22-17-15-18-23-29)30-24-19-16-20-25-30/h15-20,22-25,31,33H,7-14,21,26-28H2,1-6H3,(H,38,41)(H,39,40). The van der Waals surface area contributed by atoms with Crippen LogP contribution in [0.25, 0.3) is 0 Å². The molecule has 2 aromatic rings. The molecule has 0 saturated heterocycles. The Labute approximate surface area is 260 Å². The van der Waals surface area contributed by atoms with E-state index in [0.717, 1.165) is 30.4 Å². The molecule has 0 bridgehead atoms. The lowest BCUT2D eigenvalue weighted by Crippen LogP contribution is -2.43. The third-order valence-corrected chi connectivity index (χ3v) is 7.56. The van der Waals surface area contributed by atoms with Crippen LogP contribution in [-0.2, 0) is 19.1 Å². The van der Waals surface area contributed by atoms with E-state index >= 15 is 0 Å². The highest BCUT2D eigenvalue weighted by molar-refractivity contribution is 5.97. The van der Waals surface area contributed by atoms with Crippen LogP contribution < -0.4 is 10.6 Å². The van der Waals surface area contributed by atoms with Crippen LogP contribution in [0, 0.1) is 11.3 Å². The van der Waals surface area contributed by atoms with Gasteiger partial charge in [-0.3, -0.25) is 14.4 Å². The van der Waals surface area contributed by atoms with Crippen LogP contribution in [-0.4, -0.2) is 29.9 Å². The highest BCUT2D eigenvalue weighted by atomic mass is 16.6. The molecule has 0 aliphatic heterocycles. The van der Waals surface area contributed by atoms with Crippen molar-refractivity contribution >= 4 is 17.8 Å². The Kier molecular flexibility index (Phi) is 15.5. The minimum atomic E-state index is -0.853. The van der Waals surface area contributed by atoms with Crippen molar-refractivity contribution < 1.29 is 19.1 Å². The minimum absolute atomic E-state index is 0.102. The summed E-state index contributed by atoms with van der Waals surface area (Å²) in [5.41, 5.74) is 0.822. The number of ether oxygens (including phenoxy) is 1. The first-order chi connectivity index (χ1) is 20.4. The topological polar surface area (TPSA) is 84.5 Å². The Morgan fingerprint density at radius 2 is 1.21 bits per heavy atom. The van der Waals surface area contributed by atoms with E-state index in [1.807, 2.05) is 95.3 Å². The highest BCUT2D eigenvalue weighted by Crippen LogP contribution is 2.25. The van der Waals surface area contributed by atoms with Crippen molar-refractivity contribution in [1.29, 1.82) is 0 Å². The molecule has 43 heavy (non-hydrogen) atoms. The van der Waals surface area contributed by atoms with Gasteiger partial charge in [0.05, 0.1) is 6.04 Å². The zero-order valence-corrected chi connectivity index (χ0v) is 27.5. The molecule has 1 atom stereocenters. The molecular formula is C37H56N2O4. The Hall–Kier alpha value is -3.15. The van der Waals surface area contributed by atoms with Gasteiger partial charge >= 0.3 is 5.97 Å². The lowest BCUT2D eigenvalue weighted by Gasteiger charge is -2.28. The van der Waals surface area contributed by atoms with Crippen LogP contribution in [0.3, 0.4) is 0 Å². The summed E-state index contributed by atoms with van der Waals surface area (Å²) >= 11 is 0. The second-order valence-corrected chi connectivity index (χ2v) is 13.6. The highest BCUT2D eigenvalue weighted by Gasteiger charge is 2.32. The number of hydrogen-bond donors (Lipinski definition) is 2. The number of nitrogens with one attached hydrogen (secondary N) is 2. The predicted octanol–water partition coefficient (Wildman–Crippen LogP) is 8.30. The maximum atomic E-state index is 13.3. The Morgan fingerprint density at radius 3 is 1.70 bits per heavy atom. The fourth-order valence-corrected chi connectivity index (χ4v) is 5.20. The van der Waals surface area contributed by atoms with Crippen LogP contribution in [0.2, 0.25) is 0 Å². The fraction of sp³-hybridized carbons (Fsp3) is 0.595. The summed E-state index contributed by atoms with van der Waals surface area (Å²) < 4.78 is 5.61. The van der Waals surface area contributed by atoms with Gasteiger partial charge in [0, 0.05) is 13.0 Å². The first-order valence-electron chi connectivity index (χ1n) is 16.3. The van der Waals surface area contributed by atoms with E-state index in [9.17, 15) is 14.4 Å². The normalized spacial score (nSPS) is 12.5. The van der Waals surface area contributed by atoms with Gasteiger partial charge in [-0.05, 0) is 43.7 Å². The van der Waals surface area contributed by atoms with Gasteiger partial charge in [-0.25, -0.2) is 0 Å². The molecule has 0 aliphatic rings. The van der Waals surface area contributed by atoms with Crippen LogP contribution in [0.5, 0.6) is 0 Å². The van der Waals surface area contributed by atoms with Crippen molar-refractivity contribution in [1.82, 2.24) is 10.6 Å². The maximum absolute atomic E-state index is 13.3. The van der Waals surface area contributed by atoms with E-state index in [4.69, 9.17) is 4.74 Å². The first kappa shape index (κ1) is 36.0. The van der Waals surface area contributed by atoms with Crippen molar-refractivity contribution in [2.45, 2.75) is 124 Å². The van der Waals surface area contributed by atoms with Gasteiger partial charge in [-0.2, -0.15) is 0 Å². The molecular weight excluding hydrogens is 536 g/mol. The Bertz CT molecular complexity index is 1050. The Balaban J connectivity index is 1.94. The zero-order chi connectivity index (χ0) is 31.7. The summed E-state index contributed by atoms with van der Waals surface area (Å²) in [5, 5.41) is 6.17. The smallest absolute Gasteiger partial charge is 0.319 e. The number of unbranched alkanes of at least 4 members (excludes halogenated alkanes) is 8. The molecule has 6 nitrogen and oxygen atoms in total. The molecule has 2 N–H and O–H groups in total. The van der Waals surface area contributed by atoms with E-state index < -0.39 is 22.9 Å². The van der Waals surface area contributed by atoms with Crippen molar-refractivity contribution in [3.8, 4) is 0 Å². The minimum Gasteiger partial charge on any atom is -0.459 e. The molecule has 2 amide bonds. The third-order valence-electron chi connectivity index (χ3n) is 7.56. The fourth-order valence-electron chi connectivity index (χ4n) is 5.20. The molecule has 0 saturated carbocycles. The number of benzene rings is 2. The molecule has 0 spiro atoms. The van der Waals surface area contributed by atoms with Gasteiger partial charge in [-0.15, -0.1) is 0 Å². The molecule has 0 aliphatic carbocycles. The largest absolute Gasteiger partial charge is 0.459 e. The number of amides is 2. The average molecular weight is 593 g/mol. The third kappa shape index (κ3) is 14.7. The first-order valence-corrected chi connectivity index (χ1v) is 16.3. The van der Waals surface area contributed by atoms with Crippen molar-refractivity contribution in [3.05, 3.63) is 71.8 Å². The molecule has 0 radical (unpaired) electrons. The van der Waals surface area contributed by atoms with E-state index in [0.29, 0.717) is 6.42 Å². The van der Waals surface area contributed by atoms with E-state index in [1.54, 1.807) is 0 Å². The zero-order valence-electron chi connectivity index (χ0n) is 27.5. The maximum Gasteiger partial charge on any atom is 0.319 e. The SMILES string of the molecule is CCCCCCCCCCCC(C(=O)NCC(C)(C)CC(=O)NC(c1ccccc1)c1ccccc1)C(=O)OC(C)(C)C. The van der Waals surface area contributed by atoms with E-state index in [1.165, 1.54) is 38.5 Å². The lowest BCUT2D eigenvalue weighted by atomic mass is 9.88. The van der Waals surface area contributed by atoms with E-state index in [-0.39, 0.29) is 30.8 Å². The van der Waals surface area contributed by atoms with Crippen LogP contribution in [0.15, 0.2) is 60.7 Å². The lowest BCUT2D eigenvalue weighted by molar-refractivity contribution is -0.163. The summed E-state index contributed by atoms with van der Waals surface area (Å²) in [6.45, 7) is 11.9. The quantitative estimate of drug-likeness (QED) is 0.0976. The van der Waals surface area contributed by atoms with Gasteiger partial charge in [0.2, 0.25) is 11.8 Å². The monoisotopic (exact) mass is 592 g/mol. The molecule has 238 valence electrons. The van der Waals surface area contributed by atoms with Crippen LogP contribution in [0.4, 0.5) is 0 Å². The number of esters is 1. The second-order valence-electron chi connectivity index (χ2n) is 13.6. The molecule has 6 heteroatoms. The molecule has 0 heterocycles. The number of carbonyl (C=O) groups is 3. The van der Waals surface area contributed by atoms with Gasteiger partial charge in [0.25, 0.3) is 0 Å². The molecule has 2 rings (SSSR count). The van der Waals surface area contributed by atoms with Gasteiger partial charge < -0.3 is 15.4 Å². The van der Waals surface area contributed by atoms with Crippen LogP contribution >= 0.6 is 0 Å². The van der Waals surface area contributed by atoms with Gasteiger partial charge in [0.1, 0.15) is 11.5 Å². The van der Waals surface area contributed by atoms with Gasteiger partial charge in [-0.1, -0.05) is 139 Å². The average Bonchev–Trinajstić information content (AvgIpc) is 2.95. The van der Waals surface area contributed by atoms with Crippen molar-refractivity contribution in [2.75, 3.05) is 6.54 Å². The molecule has 1 unspecified atom stereocenters. The summed E-state index contributed by atoms with van der Waals surface area (Å²) in [4.78, 5) is 39.6. The number of carbonyl (C=O) groups excluding carboxylic acids is 3. The predicted molar refractivity (Wildman–Crippen MR) is 175 cm³/mol. The molecule has 0 aromatic heterocycles. The Morgan fingerprint density at radius 1 is 0.721 bits per heavy atom. The molecule has 0 fully saturated rings. The van der Waals surface area contributed by atoms with E-state index in [2.05, 4.69) is 17.6 Å². The summed E-state index contributed by atoms with van der Waals surface area (Å²) in [6.07, 6.45) is 11.2. The van der Waals surface area contributed by atoms with Crippen molar-refractivity contribution in [2.24, 2.45) is 11.3 Å².